The Kier molecular flexibility index (Phi) is 6.62. The molecule has 0 saturated heterocycles. The summed E-state index contributed by atoms with van der Waals surface area (Å²) in [5.74, 6) is 0.911. The smallest absolute Gasteiger partial charge is 0.118 e. The predicted molar refractivity (Wildman–Crippen MR) is 114 cm³/mol. The van der Waals surface area contributed by atoms with E-state index in [4.69, 9.17) is 4.74 Å². The Morgan fingerprint density at radius 1 is 1.07 bits per heavy atom. The van der Waals surface area contributed by atoms with Gasteiger partial charge in [-0.2, -0.15) is 0 Å². The lowest BCUT2D eigenvalue weighted by molar-refractivity contribution is 0.414. The molecule has 1 aromatic heterocycles. The fourth-order valence-electron chi connectivity index (χ4n) is 3.46. The van der Waals surface area contributed by atoms with E-state index in [-0.39, 0.29) is 0 Å². The molecule has 0 aliphatic rings. The van der Waals surface area contributed by atoms with Gasteiger partial charge in [-0.05, 0) is 62.4 Å². The zero-order valence-corrected chi connectivity index (χ0v) is 17.4. The molecule has 1 atom stereocenters. The summed E-state index contributed by atoms with van der Waals surface area (Å²) in [6.07, 6.45) is 7.99. The van der Waals surface area contributed by atoms with Crippen molar-refractivity contribution in [2.75, 3.05) is 7.11 Å². The van der Waals surface area contributed by atoms with E-state index >= 15 is 0 Å². The number of imidazole rings is 1. The minimum atomic E-state index is 0.487. The quantitative estimate of drug-likeness (QED) is 0.475. The summed E-state index contributed by atoms with van der Waals surface area (Å²) < 4.78 is 7.45. The Balaban J connectivity index is 1.74. The minimum absolute atomic E-state index is 0.487. The number of nitrogens with zero attached hydrogens (tertiary/aromatic N) is 2. The number of methoxy groups -OCH3 is 1. The lowest BCUT2D eigenvalue weighted by Crippen LogP contribution is -2.14. The molecule has 27 heavy (non-hydrogen) atoms. The van der Waals surface area contributed by atoms with Crippen LogP contribution in [-0.4, -0.2) is 21.9 Å². The number of hydrogen-bond donors (Lipinski definition) is 0. The second-order valence-electron chi connectivity index (χ2n) is 7.11. The maximum atomic E-state index is 5.27. The molecule has 2 aromatic carbocycles. The Bertz CT molecular complexity index is 834. The van der Waals surface area contributed by atoms with Crippen LogP contribution in [0.15, 0.2) is 60.0 Å². The van der Waals surface area contributed by atoms with Gasteiger partial charge in [-0.1, -0.05) is 29.8 Å². The first-order chi connectivity index (χ1) is 13.0. The highest BCUT2D eigenvalue weighted by atomic mass is 32.2. The van der Waals surface area contributed by atoms with Crippen LogP contribution >= 0.6 is 11.8 Å². The van der Waals surface area contributed by atoms with Crippen LogP contribution < -0.4 is 4.74 Å². The van der Waals surface area contributed by atoms with E-state index in [1.807, 2.05) is 36.4 Å². The molecular weight excluding hydrogens is 352 g/mol. The minimum Gasteiger partial charge on any atom is -0.497 e. The first-order valence-electron chi connectivity index (χ1n) is 9.38. The number of aromatic nitrogens is 2. The molecule has 0 aliphatic heterocycles. The first-order valence-corrected chi connectivity index (χ1v) is 10.3. The molecule has 3 aromatic rings. The van der Waals surface area contributed by atoms with E-state index in [9.17, 15) is 0 Å². The molecule has 142 valence electrons. The van der Waals surface area contributed by atoms with Crippen molar-refractivity contribution >= 4 is 11.8 Å². The van der Waals surface area contributed by atoms with Crippen LogP contribution in [-0.2, 0) is 13.0 Å². The molecule has 3 rings (SSSR count). The van der Waals surface area contributed by atoms with Gasteiger partial charge in [0.15, 0.2) is 0 Å². The Morgan fingerprint density at radius 2 is 1.78 bits per heavy atom. The second kappa shape index (κ2) is 9.14. The SMILES string of the molecule is COc1ccc(CCC(Cn2ccnc2)Sc2c(C)cc(C)cc2C)cc1. The van der Waals surface area contributed by atoms with Crippen molar-refractivity contribution < 1.29 is 4.74 Å². The average Bonchev–Trinajstić information content (AvgIpc) is 3.16. The van der Waals surface area contributed by atoms with Crippen molar-refractivity contribution in [3.63, 3.8) is 0 Å². The highest BCUT2D eigenvalue weighted by molar-refractivity contribution is 8.00. The summed E-state index contributed by atoms with van der Waals surface area (Å²) in [5, 5.41) is 0.487. The van der Waals surface area contributed by atoms with Gasteiger partial charge in [-0.3, -0.25) is 0 Å². The summed E-state index contributed by atoms with van der Waals surface area (Å²) in [5.41, 5.74) is 5.43. The fraction of sp³-hybridized carbons (Fsp3) is 0.348. The lowest BCUT2D eigenvalue weighted by Gasteiger charge is -2.20. The number of rotatable bonds is 8. The molecular formula is C23H28N2OS. The molecule has 4 heteroatoms. The van der Waals surface area contributed by atoms with Crippen LogP contribution in [0, 0.1) is 20.8 Å². The number of thioether (sulfide) groups is 1. The molecule has 0 aliphatic carbocycles. The van der Waals surface area contributed by atoms with E-state index < -0.39 is 0 Å². The summed E-state index contributed by atoms with van der Waals surface area (Å²) in [4.78, 5) is 5.62. The van der Waals surface area contributed by atoms with Crippen molar-refractivity contribution in [3.8, 4) is 5.75 Å². The van der Waals surface area contributed by atoms with Gasteiger partial charge >= 0.3 is 0 Å². The molecule has 1 heterocycles. The zero-order valence-electron chi connectivity index (χ0n) is 16.6. The molecule has 0 amide bonds. The first kappa shape index (κ1) is 19.6. The number of benzene rings is 2. The number of aryl methyl sites for hydroxylation is 4. The van der Waals surface area contributed by atoms with Crippen LogP contribution in [0.5, 0.6) is 5.75 Å². The summed E-state index contributed by atoms with van der Waals surface area (Å²) >= 11 is 2.00. The van der Waals surface area contributed by atoms with Crippen molar-refractivity contribution in [3.05, 3.63) is 77.4 Å². The molecule has 0 spiro atoms. The maximum absolute atomic E-state index is 5.27. The van der Waals surface area contributed by atoms with E-state index in [1.165, 1.54) is 27.1 Å². The molecule has 3 nitrogen and oxygen atoms in total. The second-order valence-corrected chi connectivity index (χ2v) is 8.42. The predicted octanol–water partition coefficient (Wildman–Crippen LogP) is 5.61. The van der Waals surface area contributed by atoms with E-state index in [2.05, 4.69) is 60.8 Å². The Hall–Kier alpha value is -2.20. The third-order valence-electron chi connectivity index (χ3n) is 4.78. The molecule has 0 N–H and O–H groups in total. The van der Waals surface area contributed by atoms with Gasteiger partial charge in [0.25, 0.3) is 0 Å². The highest BCUT2D eigenvalue weighted by Crippen LogP contribution is 2.33. The monoisotopic (exact) mass is 380 g/mol. The standard InChI is InChI=1S/C23H28N2OS/c1-17-13-18(2)23(19(3)14-17)27-22(15-25-12-11-24-16-25)10-7-20-5-8-21(26-4)9-6-20/h5-6,8-9,11-14,16,22H,7,10,15H2,1-4H3. The van der Waals surface area contributed by atoms with Crippen LogP contribution in [0.25, 0.3) is 0 Å². The fourth-order valence-corrected chi connectivity index (χ4v) is 4.76. The van der Waals surface area contributed by atoms with Crippen molar-refractivity contribution in [2.24, 2.45) is 0 Å². The van der Waals surface area contributed by atoms with Gasteiger partial charge < -0.3 is 9.30 Å². The van der Waals surface area contributed by atoms with Gasteiger partial charge in [-0.15, -0.1) is 11.8 Å². The van der Waals surface area contributed by atoms with Gasteiger partial charge in [0, 0.05) is 29.1 Å². The third kappa shape index (κ3) is 5.39. The maximum Gasteiger partial charge on any atom is 0.118 e. The lowest BCUT2D eigenvalue weighted by atomic mass is 10.1. The van der Waals surface area contributed by atoms with Crippen molar-refractivity contribution in [1.82, 2.24) is 9.55 Å². The third-order valence-corrected chi connectivity index (χ3v) is 6.37. The van der Waals surface area contributed by atoms with Gasteiger partial charge in [0.2, 0.25) is 0 Å². The molecule has 0 bridgehead atoms. The van der Waals surface area contributed by atoms with Crippen LogP contribution in [0.2, 0.25) is 0 Å². The normalized spacial score (nSPS) is 12.1. The van der Waals surface area contributed by atoms with E-state index in [1.54, 1.807) is 7.11 Å². The van der Waals surface area contributed by atoms with Crippen LogP contribution in [0.1, 0.15) is 28.7 Å². The van der Waals surface area contributed by atoms with Crippen LogP contribution in [0.3, 0.4) is 0 Å². The summed E-state index contributed by atoms with van der Waals surface area (Å²) in [7, 11) is 1.71. The topological polar surface area (TPSA) is 27.1 Å². The van der Waals surface area contributed by atoms with Crippen LogP contribution in [0.4, 0.5) is 0 Å². The summed E-state index contributed by atoms with van der Waals surface area (Å²) in [6, 6.07) is 13.0. The largest absolute Gasteiger partial charge is 0.497 e. The molecule has 1 unspecified atom stereocenters. The van der Waals surface area contributed by atoms with Gasteiger partial charge in [0.05, 0.1) is 13.4 Å². The van der Waals surface area contributed by atoms with E-state index in [0.29, 0.717) is 5.25 Å². The Labute approximate surface area is 166 Å². The Morgan fingerprint density at radius 3 is 2.37 bits per heavy atom. The molecule has 0 radical (unpaired) electrons. The average molecular weight is 381 g/mol. The van der Waals surface area contributed by atoms with Crippen molar-refractivity contribution in [2.45, 2.75) is 50.3 Å². The molecule has 0 fully saturated rings. The van der Waals surface area contributed by atoms with E-state index in [0.717, 1.165) is 25.1 Å². The summed E-state index contributed by atoms with van der Waals surface area (Å²) in [6.45, 7) is 7.58. The van der Waals surface area contributed by atoms with Gasteiger partial charge in [0.1, 0.15) is 5.75 Å². The number of hydrogen-bond acceptors (Lipinski definition) is 3. The van der Waals surface area contributed by atoms with Gasteiger partial charge in [-0.25, -0.2) is 4.98 Å². The zero-order chi connectivity index (χ0) is 19.2. The molecule has 0 saturated carbocycles. The number of ether oxygens (including phenoxy) is 1. The highest BCUT2D eigenvalue weighted by Gasteiger charge is 2.15. The van der Waals surface area contributed by atoms with Crippen molar-refractivity contribution in [1.29, 1.82) is 0 Å².